The van der Waals surface area contributed by atoms with Gasteiger partial charge in [-0.25, -0.2) is 0 Å². The van der Waals surface area contributed by atoms with Crippen molar-refractivity contribution in [3.05, 3.63) is 35.9 Å². The highest BCUT2D eigenvalue weighted by Gasteiger charge is 2.11. The van der Waals surface area contributed by atoms with Gasteiger partial charge in [-0.15, -0.1) is 0 Å². The zero-order valence-electron chi connectivity index (χ0n) is 10.6. The molecule has 0 bridgehead atoms. The molecular weight excluding hydrogens is 296 g/mol. The number of methoxy groups -OCH3 is 1. The minimum Gasteiger partial charge on any atom is -0.469 e. The fraction of sp³-hybridized carbons (Fsp3) is 0.500. The molecule has 1 unspecified atom stereocenters. The van der Waals surface area contributed by atoms with Crippen LogP contribution in [0.2, 0.25) is 0 Å². The Morgan fingerprint density at radius 2 is 2.00 bits per heavy atom. The Bertz CT molecular complexity index is 340. The van der Waals surface area contributed by atoms with Crippen LogP contribution in [0, 0.1) is 0 Å². The molecule has 0 N–H and O–H groups in total. The Hall–Kier alpha value is -0.870. The standard InChI is InChI=1S/C14H19BrO3/c1-17-14(16)8-7-13(9-10-15)18-11-12-5-3-2-4-6-12/h2-6,13H,7-11H2,1H3. The summed E-state index contributed by atoms with van der Waals surface area (Å²) in [5.74, 6) is -0.183. The third kappa shape index (κ3) is 6.17. The van der Waals surface area contributed by atoms with Crippen molar-refractivity contribution in [2.24, 2.45) is 0 Å². The first-order chi connectivity index (χ1) is 8.76. The third-order valence-electron chi connectivity index (χ3n) is 2.66. The largest absolute Gasteiger partial charge is 0.469 e. The van der Waals surface area contributed by atoms with Crippen LogP contribution in [0.1, 0.15) is 24.8 Å². The lowest BCUT2D eigenvalue weighted by Gasteiger charge is -2.16. The van der Waals surface area contributed by atoms with Crippen LogP contribution in [-0.4, -0.2) is 24.5 Å². The normalized spacial score (nSPS) is 12.1. The van der Waals surface area contributed by atoms with Gasteiger partial charge in [0.05, 0.1) is 19.8 Å². The van der Waals surface area contributed by atoms with Crippen molar-refractivity contribution in [2.45, 2.75) is 32.0 Å². The first-order valence-corrected chi connectivity index (χ1v) is 7.16. The fourth-order valence-corrected chi connectivity index (χ4v) is 2.11. The van der Waals surface area contributed by atoms with Gasteiger partial charge in [-0.05, 0) is 18.4 Å². The zero-order valence-corrected chi connectivity index (χ0v) is 12.2. The number of hydrogen-bond acceptors (Lipinski definition) is 3. The summed E-state index contributed by atoms with van der Waals surface area (Å²) < 4.78 is 10.5. The monoisotopic (exact) mass is 314 g/mol. The number of halogens is 1. The second kappa shape index (κ2) is 9.11. The average Bonchev–Trinajstić information content (AvgIpc) is 2.42. The Kier molecular flexibility index (Phi) is 7.69. The number of carbonyl (C=O) groups is 1. The molecule has 0 saturated carbocycles. The number of hydrogen-bond donors (Lipinski definition) is 0. The topological polar surface area (TPSA) is 35.5 Å². The summed E-state index contributed by atoms with van der Waals surface area (Å²) in [4.78, 5) is 11.1. The Labute approximate surface area is 117 Å². The fourth-order valence-electron chi connectivity index (χ4n) is 1.60. The second-order valence-corrected chi connectivity index (χ2v) is 4.80. The first-order valence-electron chi connectivity index (χ1n) is 6.04. The van der Waals surface area contributed by atoms with Gasteiger partial charge in [-0.2, -0.15) is 0 Å². The van der Waals surface area contributed by atoms with E-state index in [1.54, 1.807) is 0 Å². The van der Waals surface area contributed by atoms with Gasteiger partial charge in [0.15, 0.2) is 0 Å². The SMILES string of the molecule is COC(=O)CCC(CCBr)OCc1ccccc1. The third-order valence-corrected chi connectivity index (χ3v) is 3.12. The summed E-state index contributed by atoms with van der Waals surface area (Å²) in [5.41, 5.74) is 1.15. The molecule has 0 radical (unpaired) electrons. The molecule has 0 fully saturated rings. The minimum atomic E-state index is -0.183. The second-order valence-electron chi connectivity index (χ2n) is 4.01. The molecule has 0 heterocycles. The summed E-state index contributed by atoms with van der Waals surface area (Å²) in [6, 6.07) is 10.0. The van der Waals surface area contributed by atoms with E-state index in [0.29, 0.717) is 19.4 Å². The van der Waals surface area contributed by atoms with Gasteiger partial charge >= 0.3 is 5.97 Å². The van der Waals surface area contributed by atoms with Crippen molar-refractivity contribution < 1.29 is 14.3 Å². The zero-order chi connectivity index (χ0) is 13.2. The van der Waals surface area contributed by atoms with Crippen molar-refractivity contribution in [2.75, 3.05) is 12.4 Å². The highest BCUT2D eigenvalue weighted by Crippen LogP contribution is 2.12. The van der Waals surface area contributed by atoms with Crippen molar-refractivity contribution in [3.8, 4) is 0 Å². The lowest BCUT2D eigenvalue weighted by molar-refractivity contribution is -0.141. The Morgan fingerprint density at radius 3 is 2.61 bits per heavy atom. The number of alkyl halides is 1. The van der Waals surface area contributed by atoms with Gasteiger partial charge in [0.25, 0.3) is 0 Å². The van der Waals surface area contributed by atoms with Crippen LogP contribution in [0.5, 0.6) is 0 Å². The molecule has 100 valence electrons. The van der Waals surface area contributed by atoms with Gasteiger partial charge in [0.1, 0.15) is 0 Å². The predicted octanol–water partition coefficient (Wildman–Crippen LogP) is 3.31. The number of carbonyl (C=O) groups excluding carboxylic acids is 1. The van der Waals surface area contributed by atoms with E-state index in [0.717, 1.165) is 17.3 Å². The maximum Gasteiger partial charge on any atom is 0.305 e. The lowest BCUT2D eigenvalue weighted by Crippen LogP contribution is -2.16. The predicted molar refractivity (Wildman–Crippen MR) is 74.7 cm³/mol. The molecule has 0 aromatic heterocycles. The molecule has 1 rings (SSSR count). The lowest BCUT2D eigenvalue weighted by atomic mass is 10.1. The Balaban J connectivity index is 2.35. The van der Waals surface area contributed by atoms with Gasteiger partial charge in [0, 0.05) is 11.8 Å². The number of benzene rings is 1. The molecule has 0 aliphatic heterocycles. The molecule has 0 spiro atoms. The maximum atomic E-state index is 11.1. The smallest absolute Gasteiger partial charge is 0.305 e. The number of esters is 1. The van der Waals surface area contributed by atoms with E-state index in [2.05, 4.69) is 20.7 Å². The van der Waals surface area contributed by atoms with Crippen molar-refractivity contribution >= 4 is 21.9 Å². The van der Waals surface area contributed by atoms with Crippen LogP contribution < -0.4 is 0 Å². The molecule has 18 heavy (non-hydrogen) atoms. The van der Waals surface area contributed by atoms with E-state index in [1.807, 2.05) is 30.3 Å². The molecule has 1 aromatic carbocycles. The van der Waals surface area contributed by atoms with Crippen molar-refractivity contribution in [1.29, 1.82) is 0 Å². The van der Waals surface area contributed by atoms with Crippen LogP contribution in [-0.2, 0) is 20.9 Å². The van der Waals surface area contributed by atoms with Crippen LogP contribution in [0.15, 0.2) is 30.3 Å². The quantitative estimate of drug-likeness (QED) is 0.545. The molecule has 0 saturated heterocycles. The molecule has 3 nitrogen and oxygen atoms in total. The first kappa shape index (κ1) is 15.2. The summed E-state index contributed by atoms with van der Waals surface area (Å²) >= 11 is 3.40. The minimum absolute atomic E-state index is 0.0867. The highest BCUT2D eigenvalue weighted by molar-refractivity contribution is 9.09. The van der Waals surface area contributed by atoms with E-state index in [-0.39, 0.29) is 12.1 Å². The molecule has 0 amide bonds. The van der Waals surface area contributed by atoms with E-state index in [4.69, 9.17) is 4.74 Å². The van der Waals surface area contributed by atoms with Crippen LogP contribution in [0.25, 0.3) is 0 Å². The highest BCUT2D eigenvalue weighted by atomic mass is 79.9. The van der Waals surface area contributed by atoms with Crippen LogP contribution in [0.4, 0.5) is 0 Å². The van der Waals surface area contributed by atoms with Crippen LogP contribution in [0.3, 0.4) is 0 Å². The number of rotatable bonds is 8. The molecule has 1 atom stereocenters. The van der Waals surface area contributed by atoms with E-state index < -0.39 is 0 Å². The van der Waals surface area contributed by atoms with E-state index >= 15 is 0 Å². The molecular formula is C14H19BrO3. The maximum absolute atomic E-state index is 11.1. The van der Waals surface area contributed by atoms with Crippen LogP contribution >= 0.6 is 15.9 Å². The van der Waals surface area contributed by atoms with Crippen molar-refractivity contribution in [3.63, 3.8) is 0 Å². The molecule has 0 aliphatic rings. The van der Waals surface area contributed by atoms with E-state index in [9.17, 15) is 4.79 Å². The summed E-state index contributed by atoms with van der Waals surface area (Å²) in [6.45, 7) is 0.583. The molecule has 1 aromatic rings. The molecule has 4 heteroatoms. The van der Waals surface area contributed by atoms with Gasteiger partial charge in [-0.1, -0.05) is 46.3 Å². The summed E-state index contributed by atoms with van der Waals surface area (Å²) in [7, 11) is 1.41. The average molecular weight is 315 g/mol. The van der Waals surface area contributed by atoms with E-state index in [1.165, 1.54) is 7.11 Å². The Morgan fingerprint density at radius 1 is 1.28 bits per heavy atom. The van der Waals surface area contributed by atoms with Gasteiger partial charge < -0.3 is 9.47 Å². The van der Waals surface area contributed by atoms with Gasteiger partial charge in [0.2, 0.25) is 0 Å². The summed E-state index contributed by atoms with van der Waals surface area (Å²) in [5, 5.41) is 0.869. The summed E-state index contributed by atoms with van der Waals surface area (Å²) in [6.07, 6.45) is 2.08. The van der Waals surface area contributed by atoms with Crippen molar-refractivity contribution in [1.82, 2.24) is 0 Å². The number of ether oxygens (including phenoxy) is 2. The molecule has 0 aliphatic carbocycles. The van der Waals surface area contributed by atoms with Gasteiger partial charge in [-0.3, -0.25) is 4.79 Å².